The number of nitrogens with two attached hydrogens (primary N) is 1. The molecule has 0 heterocycles. The number of thioether (sulfide) groups is 1. The topological polar surface area (TPSA) is 55.1 Å². The largest absolute Gasteiger partial charge is 0.352 e. The van der Waals surface area contributed by atoms with Gasteiger partial charge in [-0.05, 0) is 37.2 Å². The van der Waals surface area contributed by atoms with Crippen LogP contribution in [0.2, 0.25) is 0 Å². The van der Waals surface area contributed by atoms with E-state index in [1.807, 2.05) is 24.3 Å². The zero-order valence-corrected chi connectivity index (χ0v) is 12.4. The Bertz CT molecular complexity index is 355. The minimum absolute atomic E-state index is 0. The molecule has 0 fully saturated rings. The van der Waals surface area contributed by atoms with Crippen molar-refractivity contribution in [3.05, 3.63) is 29.8 Å². The summed E-state index contributed by atoms with van der Waals surface area (Å²) in [6.07, 6.45) is 0.813. The highest BCUT2D eigenvalue weighted by Crippen LogP contribution is 2.22. The van der Waals surface area contributed by atoms with Gasteiger partial charge in [-0.1, -0.05) is 13.8 Å². The first kappa shape index (κ1) is 17.3. The van der Waals surface area contributed by atoms with Crippen LogP contribution in [0.15, 0.2) is 29.2 Å². The Morgan fingerprint density at radius 2 is 1.94 bits per heavy atom. The number of nitrogens with one attached hydrogen (secondary N) is 1. The first-order valence-corrected chi connectivity index (χ1v) is 6.76. The first-order chi connectivity index (χ1) is 8.13. The molecule has 1 amide bonds. The summed E-state index contributed by atoms with van der Waals surface area (Å²) in [5, 5.41) is 3.39. The van der Waals surface area contributed by atoms with Crippen LogP contribution in [0.1, 0.15) is 30.6 Å². The number of rotatable bonds is 6. The summed E-state index contributed by atoms with van der Waals surface area (Å²) < 4.78 is 0. The Balaban J connectivity index is 0.00000289. The molecule has 0 aliphatic carbocycles. The Morgan fingerprint density at radius 3 is 2.44 bits per heavy atom. The second-order valence-corrected chi connectivity index (χ2v) is 5.74. The van der Waals surface area contributed by atoms with Gasteiger partial charge in [0.2, 0.25) is 0 Å². The van der Waals surface area contributed by atoms with Crippen LogP contribution in [0.3, 0.4) is 0 Å². The summed E-state index contributed by atoms with van der Waals surface area (Å²) >= 11 is 1.79. The van der Waals surface area contributed by atoms with E-state index in [-0.39, 0.29) is 18.3 Å². The van der Waals surface area contributed by atoms with Gasteiger partial charge >= 0.3 is 0 Å². The zero-order valence-electron chi connectivity index (χ0n) is 10.8. The van der Waals surface area contributed by atoms with Crippen molar-refractivity contribution in [3.63, 3.8) is 0 Å². The monoisotopic (exact) mass is 288 g/mol. The van der Waals surface area contributed by atoms with E-state index in [4.69, 9.17) is 5.73 Å². The Labute approximate surface area is 119 Å². The van der Waals surface area contributed by atoms with E-state index in [0.717, 1.165) is 6.42 Å². The summed E-state index contributed by atoms with van der Waals surface area (Å²) in [5.41, 5.74) is 6.07. The van der Waals surface area contributed by atoms with Gasteiger partial charge < -0.3 is 11.1 Å². The van der Waals surface area contributed by atoms with Crippen LogP contribution in [-0.4, -0.2) is 24.2 Å². The van der Waals surface area contributed by atoms with Gasteiger partial charge in [-0.15, -0.1) is 24.2 Å². The van der Waals surface area contributed by atoms with E-state index in [9.17, 15) is 4.79 Å². The summed E-state index contributed by atoms with van der Waals surface area (Å²) in [6, 6.07) is 7.70. The van der Waals surface area contributed by atoms with E-state index in [2.05, 4.69) is 19.2 Å². The Kier molecular flexibility index (Phi) is 8.89. The average Bonchev–Trinajstić information content (AvgIpc) is 2.29. The third-order valence-electron chi connectivity index (χ3n) is 2.15. The molecule has 3 nitrogen and oxygen atoms in total. The Hall–Kier alpha value is -0.710. The molecule has 0 saturated heterocycles. The highest BCUT2D eigenvalue weighted by atomic mass is 35.5. The second-order valence-electron chi connectivity index (χ2n) is 4.09. The molecule has 0 atom stereocenters. The summed E-state index contributed by atoms with van der Waals surface area (Å²) in [6.45, 7) is 5.54. The fourth-order valence-electron chi connectivity index (χ4n) is 1.36. The molecule has 0 unspecified atom stereocenters. The fourth-order valence-corrected chi connectivity index (χ4v) is 2.20. The number of hydrogen-bond donors (Lipinski definition) is 2. The van der Waals surface area contributed by atoms with Gasteiger partial charge in [0.25, 0.3) is 5.91 Å². The number of amides is 1. The van der Waals surface area contributed by atoms with Gasteiger partial charge in [0.1, 0.15) is 0 Å². The zero-order chi connectivity index (χ0) is 12.7. The molecule has 0 aliphatic heterocycles. The van der Waals surface area contributed by atoms with Crippen LogP contribution in [-0.2, 0) is 0 Å². The van der Waals surface area contributed by atoms with Crippen molar-refractivity contribution < 1.29 is 4.79 Å². The molecule has 0 saturated carbocycles. The van der Waals surface area contributed by atoms with E-state index >= 15 is 0 Å². The van der Waals surface area contributed by atoms with Gasteiger partial charge in [-0.2, -0.15) is 0 Å². The normalized spacial score (nSPS) is 10.0. The standard InChI is InChI=1S/C13H20N2OS.ClH/c1-10(2)17-12-6-4-11(5-7-12)13(16)15-9-3-8-14;/h4-7,10H,3,8-9,14H2,1-2H3,(H,15,16);1H. The molecule has 0 spiro atoms. The van der Waals surface area contributed by atoms with Crippen LogP contribution in [0.25, 0.3) is 0 Å². The van der Waals surface area contributed by atoms with Crippen LogP contribution in [0.5, 0.6) is 0 Å². The van der Waals surface area contributed by atoms with Crippen LogP contribution < -0.4 is 11.1 Å². The smallest absolute Gasteiger partial charge is 0.251 e. The van der Waals surface area contributed by atoms with Gasteiger partial charge in [-0.3, -0.25) is 4.79 Å². The van der Waals surface area contributed by atoms with Crippen LogP contribution in [0, 0.1) is 0 Å². The van der Waals surface area contributed by atoms with Crippen LogP contribution in [0.4, 0.5) is 0 Å². The fraction of sp³-hybridized carbons (Fsp3) is 0.462. The quantitative estimate of drug-likeness (QED) is 0.625. The highest BCUT2D eigenvalue weighted by molar-refractivity contribution is 7.99. The molecule has 3 N–H and O–H groups in total. The minimum atomic E-state index is -0.0282. The highest BCUT2D eigenvalue weighted by Gasteiger charge is 2.05. The van der Waals surface area contributed by atoms with Crippen LogP contribution >= 0.6 is 24.2 Å². The average molecular weight is 289 g/mol. The lowest BCUT2D eigenvalue weighted by molar-refractivity contribution is 0.0953. The second kappa shape index (κ2) is 9.25. The molecule has 0 aromatic heterocycles. The minimum Gasteiger partial charge on any atom is -0.352 e. The maximum Gasteiger partial charge on any atom is 0.251 e. The van der Waals surface area contributed by atoms with E-state index < -0.39 is 0 Å². The first-order valence-electron chi connectivity index (χ1n) is 5.88. The molecule has 1 aromatic rings. The van der Waals surface area contributed by atoms with Crippen molar-refractivity contribution in [2.75, 3.05) is 13.1 Å². The van der Waals surface area contributed by atoms with Crippen molar-refractivity contribution in [3.8, 4) is 0 Å². The molecular weight excluding hydrogens is 268 g/mol. The van der Waals surface area contributed by atoms with Crippen molar-refractivity contribution in [1.29, 1.82) is 0 Å². The molecule has 1 rings (SSSR count). The molecule has 0 aliphatic rings. The van der Waals surface area contributed by atoms with Crippen molar-refractivity contribution in [1.82, 2.24) is 5.32 Å². The third kappa shape index (κ3) is 6.28. The Morgan fingerprint density at radius 1 is 1.33 bits per heavy atom. The van der Waals surface area contributed by atoms with Gasteiger partial charge in [-0.25, -0.2) is 0 Å². The summed E-state index contributed by atoms with van der Waals surface area (Å²) in [7, 11) is 0. The lowest BCUT2D eigenvalue weighted by Crippen LogP contribution is -2.25. The molecule has 18 heavy (non-hydrogen) atoms. The maximum absolute atomic E-state index is 11.7. The van der Waals surface area contributed by atoms with Gasteiger partial charge in [0.15, 0.2) is 0 Å². The number of hydrogen-bond acceptors (Lipinski definition) is 3. The predicted octanol–water partition coefficient (Wildman–Crippen LogP) is 2.69. The van der Waals surface area contributed by atoms with Crippen molar-refractivity contribution in [2.45, 2.75) is 30.4 Å². The number of halogens is 1. The molecule has 1 aromatic carbocycles. The number of carbonyl (C=O) groups is 1. The molecule has 0 radical (unpaired) electrons. The summed E-state index contributed by atoms with van der Waals surface area (Å²) in [4.78, 5) is 12.9. The van der Waals surface area contributed by atoms with E-state index in [1.165, 1.54) is 4.90 Å². The predicted molar refractivity (Wildman–Crippen MR) is 80.7 cm³/mol. The lowest BCUT2D eigenvalue weighted by atomic mass is 10.2. The molecule has 102 valence electrons. The number of carbonyl (C=O) groups excluding carboxylic acids is 1. The van der Waals surface area contributed by atoms with Crippen molar-refractivity contribution in [2.24, 2.45) is 5.73 Å². The SMILES string of the molecule is CC(C)Sc1ccc(C(=O)NCCCN)cc1.Cl. The third-order valence-corrected chi connectivity index (χ3v) is 3.17. The molecule has 5 heteroatoms. The van der Waals surface area contributed by atoms with Crippen molar-refractivity contribution >= 4 is 30.1 Å². The number of benzene rings is 1. The molecular formula is C13H21ClN2OS. The van der Waals surface area contributed by atoms with Gasteiger partial charge in [0.05, 0.1) is 0 Å². The van der Waals surface area contributed by atoms with E-state index in [1.54, 1.807) is 11.8 Å². The summed E-state index contributed by atoms with van der Waals surface area (Å²) in [5.74, 6) is -0.0282. The van der Waals surface area contributed by atoms with Gasteiger partial charge in [0, 0.05) is 22.3 Å². The maximum atomic E-state index is 11.7. The lowest BCUT2D eigenvalue weighted by Gasteiger charge is -2.07. The van der Waals surface area contributed by atoms with E-state index in [0.29, 0.717) is 23.9 Å². The molecule has 0 bridgehead atoms.